The molecule has 1 N–H and O–H groups in total. The molecule has 0 aliphatic carbocycles. The second kappa shape index (κ2) is 5.96. The van der Waals surface area contributed by atoms with Gasteiger partial charge in [0.15, 0.2) is 0 Å². The highest BCUT2D eigenvalue weighted by Crippen LogP contribution is 2.28. The molecule has 0 saturated heterocycles. The van der Waals surface area contributed by atoms with Crippen molar-refractivity contribution in [3.8, 4) is 0 Å². The summed E-state index contributed by atoms with van der Waals surface area (Å²) in [5.74, 6) is -0.260. The van der Waals surface area contributed by atoms with Crippen LogP contribution in [0.5, 0.6) is 0 Å². The van der Waals surface area contributed by atoms with Crippen LogP contribution in [0.25, 0.3) is 10.8 Å². The fraction of sp³-hybridized carbons (Fsp3) is 0.111. The minimum Gasteiger partial charge on any atom is -0.388 e. The summed E-state index contributed by atoms with van der Waals surface area (Å²) < 4.78 is 14.8. The second-order valence-corrected chi connectivity index (χ2v) is 5.95. The van der Waals surface area contributed by atoms with Crippen LogP contribution in [0.4, 0.5) is 4.39 Å². The summed E-state index contributed by atoms with van der Waals surface area (Å²) in [6.45, 7) is 0. The van der Waals surface area contributed by atoms with Gasteiger partial charge in [0.05, 0.1) is 6.10 Å². The van der Waals surface area contributed by atoms with Gasteiger partial charge in [-0.15, -0.1) is 0 Å². The van der Waals surface area contributed by atoms with E-state index in [-0.39, 0.29) is 5.82 Å². The zero-order valence-corrected chi connectivity index (χ0v) is 12.8. The first kappa shape index (κ1) is 14.2. The minimum atomic E-state index is -0.662. The van der Waals surface area contributed by atoms with E-state index in [9.17, 15) is 9.50 Å². The van der Waals surface area contributed by atoms with E-state index < -0.39 is 6.10 Å². The van der Waals surface area contributed by atoms with Crippen LogP contribution in [-0.2, 0) is 6.42 Å². The molecule has 106 valence electrons. The monoisotopic (exact) mass is 344 g/mol. The van der Waals surface area contributed by atoms with Gasteiger partial charge in [-0.2, -0.15) is 0 Å². The summed E-state index contributed by atoms with van der Waals surface area (Å²) in [6.07, 6.45) is -0.167. The quantitative estimate of drug-likeness (QED) is 0.707. The summed E-state index contributed by atoms with van der Waals surface area (Å²) >= 11 is 3.43. The smallest absolute Gasteiger partial charge is 0.131 e. The molecular formula is C18H14BrFO. The number of benzene rings is 3. The Bertz CT molecular complexity index is 785. The van der Waals surface area contributed by atoms with Crippen LogP contribution in [0.1, 0.15) is 17.2 Å². The van der Waals surface area contributed by atoms with Gasteiger partial charge in [-0.1, -0.05) is 58.4 Å². The molecular weight excluding hydrogens is 331 g/mol. The molecule has 1 unspecified atom stereocenters. The Morgan fingerprint density at radius 3 is 2.48 bits per heavy atom. The van der Waals surface area contributed by atoms with Crippen LogP contribution in [0, 0.1) is 5.82 Å². The van der Waals surface area contributed by atoms with Crippen molar-refractivity contribution in [2.24, 2.45) is 0 Å². The maximum atomic E-state index is 13.8. The molecule has 3 heteroatoms. The van der Waals surface area contributed by atoms with Gasteiger partial charge in [-0.25, -0.2) is 4.39 Å². The van der Waals surface area contributed by atoms with Crippen LogP contribution in [0.2, 0.25) is 0 Å². The maximum absolute atomic E-state index is 13.8. The van der Waals surface area contributed by atoms with Crippen LogP contribution in [0.15, 0.2) is 65.1 Å². The Labute approximate surface area is 131 Å². The number of rotatable bonds is 3. The Kier molecular flexibility index (Phi) is 4.04. The molecule has 0 saturated carbocycles. The third-order valence-electron chi connectivity index (χ3n) is 3.58. The van der Waals surface area contributed by atoms with Gasteiger partial charge in [0.2, 0.25) is 0 Å². The van der Waals surface area contributed by atoms with Gasteiger partial charge in [0.1, 0.15) is 5.82 Å². The summed E-state index contributed by atoms with van der Waals surface area (Å²) in [4.78, 5) is 0. The first-order valence-corrected chi connectivity index (χ1v) is 7.54. The average molecular weight is 345 g/mol. The molecule has 3 aromatic carbocycles. The van der Waals surface area contributed by atoms with E-state index in [0.717, 1.165) is 21.0 Å². The van der Waals surface area contributed by atoms with Crippen molar-refractivity contribution in [1.29, 1.82) is 0 Å². The van der Waals surface area contributed by atoms with Gasteiger partial charge < -0.3 is 5.11 Å². The Morgan fingerprint density at radius 2 is 1.71 bits per heavy atom. The number of fused-ring (bicyclic) bond motifs is 1. The maximum Gasteiger partial charge on any atom is 0.131 e. The highest BCUT2D eigenvalue weighted by Gasteiger charge is 2.14. The molecule has 0 radical (unpaired) electrons. The molecule has 0 fully saturated rings. The molecule has 3 rings (SSSR count). The van der Waals surface area contributed by atoms with Crippen molar-refractivity contribution in [2.45, 2.75) is 12.5 Å². The van der Waals surface area contributed by atoms with Crippen LogP contribution < -0.4 is 0 Å². The predicted molar refractivity (Wildman–Crippen MR) is 86.7 cm³/mol. The Balaban J connectivity index is 1.98. The number of halogens is 2. The normalized spacial score (nSPS) is 12.5. The van der Waals surface area contributed by atoms with Gasteiger partial charge in [0.25, 0.3) is 0 Å². The van der Waals surface area contributed by atoms with Crippen LogP contribution in [-0.4, -0.2) is 5.11 Å². The summed E-state index contributed by atoms with van der Waals surface area (Å²) in [5, 5.41) is 11.8. The summed E-state index contributed by atoms with van der Waals surface area (Å²) in [5.41, 5.74) is 1.79. The number of aliphatic hydroxyl groups excluding tert-OH is 1. The molecule has 0 aliphatic heterocycles. The fourth-order valence-electron chi connectivity index (χ4n) is 2.57. The molecule has 0 spiro atoms. The molecule has 1 nitrogen and oxygen atoms in total. The van der Waals surface area contributed by atoms with E-state index in [0.29, 0.717) is 11.8 Å². The van der Waals surface area contributed by atoms with Crippen LogP contribution in [0.3, 0.4) is 0 Å². The molecule has 0 bridgehead atoms. The van der Waals surface area contributed by atoms with Crippen molar-refractivity contribution in [3.63, 3.8) is 0 Å². The van der Waals surface area contributed by atoms with Gasteiger partial charge in [-0.3, -0.25) is 0 Å². The van der Waals surface area contributed by atoms with E-state index in [1.165, 1.54) is 6.07 Å². The van der Waals surface area contributed by atoms with Crippen LogP contribution >= 0.6 is 15.9 Å². The third-order valence-corrected chi connectivity index (χ3v) is 4.07. The highest BCUT2D eigenvalue weighted by atomic mass is 79.9. The lowest BCUT2D eigenvalue weighted by molar-refractivity contribution is 0.180. The highest BCUT2D eigenvalue weighted by molar-refractivity contribution is 9.10. The van der Waals surface area contributed by atoms with Crippen molar-refractivity contribution < 1.29 is 9.50 Å². The number of hydrogen-bond donors (Lipinski definition) is 1. The average Bonchev–Trinajstić information content (AvgIpc) is 2.48. The van der Waals surface area contributed by atoms with Gasteiger partial charge in [0, 0.05) is 16.3 Å². The standard InChI is InChI=1S/C18H14BrFO/c19-13-5-3-4-12(10-13)11-18(21)16-8-9-17(20)15-7-2-1-6-14(15)16/h1-10,18,21H,11H2. The van der Waals surface area contributed by atoms with E-state index >= 15 is 0 Å². The van der Waals surface area contributed by atoms with Gasteiger partial charge in [-0.05, 0) is 34.7 Å². The molecule has 0 aliphatic rings. The number of aliphatic hydroxyl groups is 1. The molecule has 3 aromatic rings. The van der Waals surface area contributed by atoms with Crippen molar-refractivity contribution >= 4 is 26.7 Å². The largest absolute Gasteiger partial charge is 0.388 e. The molecule has 0 aromatic heterocycles. The minimum absolute atomic E-state index is 0.260. The van der Waals surface area contributed by atoms with Crippen molar-refractivity contribution in [3.05, 3.63) is 82.1 Å². The Morgan fingerprint density at radius 1 is 0.952 bits per heavy atom. The zero-order chi connectivity index (χ0) is 14.8. The van der Waals surface area contributed by atoms with Crippen molar-refractivity contribution in [1.82, 2.24) is 0 Å². The van der Waals surface area contributed by atoms with E-state index in [2.05, 4.69) is 15.9 Å². The summed E-state index contributed by atoms with van der Waals surface area (Å²) in [6, 6.07) is 18.2. The van der Waals surface area contributed by atoms with E-state index in [1.54, 1.807) is 18.2 Å². The second-order valence-electron chi connectivity index (χ2n) is 5.03. The molecule has 1 atom stereocenters. The lowest BCUT2D eigenvalue weighted by Crippen LogP contribution is -2.03. The number of hydrogen-bond acceptors (Lipinski definition) is 1. The lowest BCUT2D eigenvalue weighted by Gasteiger charge is -2.14. The van der Waals surface area contributed by atoms with Crippen molar-refractivity contribution in [2.75, 3.05) is 0 Å². The first-order valence-electron chi connectivity index (χ1n) is 6.75. The van der Waals surface area contributed by atoms with Gasteiger partial charge >= 0.3 is 0 Å². The summed E-state index contributed by atoms with van der Waals surface area (Å²) in [7, 11) is 0. The Hall–Kier alpha value is -1.71. The zero-order valence-electron chi connectivity index (χ0n) is 11.3. The molecule has 0 amide bonds. The predicted octanol–water partition coefficient (Wildman–Crippen LogP) is 5.02. The topological polar surface area (TPSA) is 20.2 Å². The fourth-order valence-corrected chi connectivity index (χ4v) is 3.02. The first-order chi connectivity index (χ1) is 10.1. The molecule has 0 heterocycles. The lowest BCUT2D eigenvalue weighted by atomic mass is 9.96. The van der Waals surface area contributed by atoms with E-state index in [1.807, 2.05) is 36.4 Å². The SMILES string of the molecule is OC(Cc1cccc(Br)c1)c1ccc(F)c2ccccc12. The van der Waals surface area contributed by atoms with E-state index in [4.69, 9.17) is 0 Å². The molecule has 21 heavy (non-hydrogen) atoms. The third kappa shape index (κ3) is 2.99.